The maximum atomic E-state index is 6.49. The van der Waals surface area contributed by atoms with Crippen molar-refractivity contribution < 1.29 is 9.47 Å². The van der Waals surface area contributed by atoms with E-state index >= 15 is 0 Å². The molecule has 5 aromatic carbocycles. The van der Waals surface area contributed by atoms with E-state index in [0.717, 1.165) is 40.1 Å². The normalized spacial score (nSPS) is 13.5. The van der Waals surface area contributed by atoms with Gasteiger partial charge in [0.15, 0.2) is 23.0 Å². The number of ether oxygens (including phenoxy) is 2. The Hall–Kier alpha value is -4.06. The van der Waals surface area contributed by atoms with Crippen LogP contribution in [-0.2, 0) is 0 Å². The lowest BCUT2D eigenvalue weighted by Crippen LogP contribution is -2.20. The van der Waals surface area contributed by atoms with Gasteiger partial charge in [-0.05, 0) is 48.5 Å². The van der Waals surface area contributed by atoms with Crippen LogP contribution in [0.5, 0.6) is 23.0 Å². The second-order valence-electron chi connectivity index (χ2n) is 8.97. The minimum absolute atomic E-state index is 0.816. The molecule has 0 radical (unpaired) electrons. The van der Waals surface area contributed by atoms with Crippen LogP contribution in [0.15, 0.2) is 91.0 Å². The number of fused-ring (bicyclic) bond motifs is 10. The molecule has 0 N–H and O–H groups in total. The highest BCUT2D eigenvalue weighted by atomic mass is 32.1. The molecule has 2 aliphatic heterocycles. The van der Waals surface area contributed by atoms with Gasteiger partial charge in [0.25, 0.3) is 0 Å². The van der Waals surface area contributed by atoms with Gasteiger partial charge in [-0.15, -0.1) is 22.7 Å². The molecule has 0 bridgehead atoms. The Morgan fingerprint density at radius 2 is 0.971 bits per heavy atom. The molecule has 35 heavy (non-hydrogen) atoms. The van der Waals surface area contributed by atoms with Crippen molar-refractivity contribution >= 4 is 80.1 Å². The van der Waals surface area contributed by atoms with Gasteiger partial charge in [-0.25, -0.2) is 0 Å². The molecule has 0 spiro atoms. The van der Waals surface area contributed by atoms with Gasteiger partial charge in [-0.1, -0.05) is 42.5 Å². The van der Waals surface area contributed by atoms with Crippen LogP contribution >= 0.6 is 22.7 Å². The lowest BCUT2D eigenvalue weighted by Gasteiger charge is -2.37. The Morgan fingerprint density at radius 3 is 1.51 bits per heavy atom. The number of para-hydroxylation sites is 1. The van der Waals surface area contributed by atoms with Crippen LogP contribution in [0, 0.1) is 0 Å². The Kier molecular flexibility index (Phi) is 3.31. The summed E-state index contributed by atoms with van der Waals surface area (Å²) >= 11 is 3.65. The smallest absolute Gasteiger partial charge is 0.155 e. The summed E-state index contributed by atoms with van der Waals surface area (Å²) in [7, 11) is 0. The van der Waals surface area contributed by atoms with Crippen LogP contribution in [0.3, 0.4) is 0 Å². The Bertz CT molecular complexity index is 1890. The first-order valence-corrected chi connectivity index (χ1v) is 13.1. The fourth-order valence-corrected chi connectivity index (χ4v) is 7.73. The Balaban J connectivity index is 1.37. The zero-order valence-corrected chi connectivity index (χ0v) is 19.9. The molecule has 0 atom stereocenters. The number of rotatable bonds is 0. The number of thiophene rings is 2. The molecule has 164 valence electrons. The van der Waals surface area contributed by atoms with Crippen molar-refractivity contribution in [1.82, 2.24) is 0 Å². The van der Waals surface area contributed by atoms with Crippen LogP contribution in [0.2, 0.25) is 0 Å². The summed E-state index contributed by atoms with van der Waals surface area (Å²) in [6.45, 7) is 0. The molecule has 3 nitrogen and oxygen atoms in total. The van der Waals surface area contributed by atoms with Crippen molar-refractivity contribution in [2.24, 2.45) is 0 Å². The Morgan fingerprint density at radius 1 is 0.457 bits per heavy atom. The van der Waals surface area contributed by atoms with Gasteiger partial charge < -0.3 is 9.47 Å². The van der Waals surface area contributed by atoms with Crippen molar-refractivity contribution in [1.29, 1.82) is 0 Å². The van der Waals surface area contributed by atoms with E-state index in [2.05, 4.69) is 77.7 Å². The van der Waals surface area contributed by atoms with Gasteiger partial charge in [0, 0.05) is 40.3 Å². The fraction of sp³-hybridized carbons (Fsp3) is 0. The largest absolute Gasteiger partial charge is 0.453 e. The number of benzene rings is 5. The first-order chi connectivity index (χ1) is 17.3. The van der Waals surface area contributed by atoms with Crippen molar-refractivity contribution in [3.63, 3.8) is 0 Å². The molecule has 0 unspecified atom stereocenters. The third-order valence-electron chi connectivity index (χ3n) is 7.02. The van der Waals surface area contributed by atoms with Crippen LogP contribution < -0.4 is 14.4 Å². The highest BCUT2D eigenvalue weighted by Gasteiger charge is 2.35. The second kappa shape index (κ2) is 6.33. The molecule has 7 aromatic rings. The van der Waals surface area contributed by atoms with Gasteiger partial charge in [-0.2, -0.15) is 0 Å². The maximum absolute atomic E-state index is 6.49. The molecule has 2 aromatic heterocycles. The SMILES string of the molecule is c1cc2c3c(c1)Oc1cc4c(cc1N3c1cc3sc5ccccc5c3cc1O2)sc1ccccc14. The van der Waals surface area contributed by atoms with E-state index in [4.69, 9.17) is 9.47 Å². The number of hydrogen-bond donors (Lipinski definition) is 0. The molecule has 0 fully saturated rings. The predicted molar refractivity (Wildman–Crippen MR) is 147 cm³/mol. The van der Waals surface area contributed by atoms with Crippen LogP contribution in [0.4, 0.5) is 17.1 Å². The number of anilines is 3. The first-order valence-electron chi connectivity index (χ1n) is 11.5. The summed E-state index contributed by atoms with van der Waals surface area (Å²) in [6, 6.07) is 32.2. The average molecular weight is 486 g/mol. The predicted octanol–water partition coefficient (Wildman–Crippen LogP) is 10.1. The minimum atomic E-state index is 0.816. The third kappa shape index (κ3) is 2.34. The van der Waals surface area contributed by atoms with Gasteiger partial charge in [-0.3, -0.25) is 4.90 Å². The van der Waals surface area contributed by atoms with Crippen LogP contribution in [0.25, 0.3) is 40.3 Å². The van der Waals surface area contributed by atoms with Gasteiger partial charge in [0.1, 0.15) is 5.69 Å². The maximum Gasteiger partial charge on any atom is 0.155 e. The van der Waals surface area contributed by atoms with Crippen LogP contribution in [-0.4, -0.2) is 0 Å². The molecule has 4 heterocycles. The minimum Gasteiger partial charge on any atom is -0.453 e. The number of nitrogens with zero attached hydrogens (tertiary/aromatic N) is 1. The van der Waals surface area contributed by atoms with Gasteiger partial charge in [0.2, 0.25) is 0 Å². The van der Waals surface area contributed by atoms with Crippen molar-refractivity contribution in [3.8, 4) is 23.0 Å². The Labute approximate surface area is 208 Å². The standard InChI is InChI=1S/C30H15NO2S2/c1-3-10-26-16(6-1)18-12-24-20(14-28(18)34-26)31-21-15-29-19(17-7-2-4-11-27(17)35-29)13-25(21)33-23-9-5-8-22(32-24)30(23)31/h1-15H. The summed E-state index contributed by atoms with van der Waals surface area (Å²) in [4.78, 5) is 2.33. The summed E-state index contributed by atoms with van der Waals surface area (Å²) in [5.74, 6) is 3.37. The molecule has 0 saturated heterocycles. The number of hydrogen-bond acceptors (Lipinski definition) is 5. The van der Waals surface area contributed by atoms with E-state index < -0.39 is 0 Å². The van der Waals surface area contributed by atoms with E-state index in [0.29, 0.717) is 0 Å². The van der Waals surface area contributed by atoms with Gasteiger partial charge in [0.05, 0.1) is 11.4 Å². The first kappa shape index (κ1) is 18.3. The topological polar surface area (TPSA) is 21.7 Å². The molecule has 9 rings (SSSR count). The average Bonchev–Trinajstić information content (AvgIpc) is 3.43. The molecule has 0 aliphatic carbocycles. The summed E-state index contributed by atoms with van der Waals surface area (Å²) in [6.07, 6.45) is 0. The van der Waals surface area contributed by atoms with E-state index in [1.54, 1.807) is 0 Å². The van der Waals surface area contributed by atoms with Crippen LogP contribution in [0.1, 0.15) is 0 Å². The zero-order valence-electron chi connectivity index (χ0n) is 18.2. The van der Waals surface area contributed by atoms with E-state index in [-0.39, 0.29) is 0 Å². The van der Waals surface area contributed by atoms with Crippen molar-refractivity contribution in [2.75, 3.05) is 4.90 Å². The molecule has 0 saturated carbocycles. The molecule has 2 aliphatic rings. The molecule has 0 amide bonds. The highest BCUT2D eigenvalue weighted by molar-refractivity contribution is 7.26. The summed E-state index contributed by atoms with van der Waals surface area (Å²) in [5, 5.41) is 5.01. The highest BCUT2D eigenvalue weighted by Crippen LogP contribution is 2.61. The molecular weight excluding hydrogens is 470 g/mol. The summed E-state index contributed by atoms with van der Waals surface area (Å²) in [5.41, 5.74) is 3.07. The summed E-state index contributed by atoms with van der Waals surface area (Å²) < 4.78 is 18.1. The van der Waals surface area contributed by atoms with E-state index in [1.165, 1.54) is 40.3 Å². The lowest BCUT2D eigenvalue weighted by molar-refractivity contribution is 0.447. The van der Waals surface area contributed by atoms with E-state index in [1.807, 2.05) is 40.9 Å². The fourth-order valence-electron chi connectivity index (χ4n) is 5.49. The van der Waals surface area contributed by atoms with Crippen molar-refractivity contribution in [3.05, 3.63) is 91.0 Å². The second-order valence-corrected chi connectivity index (χ2v) is 11.1. The van der Waals surface area contributed by atoms with E-state index in [9.17, 15) is 0 Å². The third-order valence-corrected chi connectivity index (χ3v) is 9.29. The monoisotopic (exact) mass is 485 g/mol. The molecule has 5 heteroatoms. The quantitative estimate of drug-likeness (QED) is 0.213. The lowest BCUT2D eigenvalue weighted by atomic mass is 10.0. The zero-order chi connectivity index (χ0) is 22.7. The molecular formula is C30H15NO2S2. The van der Waals surface area contributed by atoms with Crippen molar-refractivity contribution in [2.45, 2.75) is 0 Å². The van der Waals surface area contributed by atoms with Gasteiger partial charge >= 0.3 is 0 Å².